The highest BCUT2D eigenvalue weighted by Crippen LogP contribution is 2.26. The Morgan fingerprint density at radius 3 is 2.16 bits per heavy atom. The fourth-order valence-corrected chi connectivity index (χ4v) is 1.91. The molecule has 3 heteroatoms. The third kappa shape index (κ3) is 3.98. The number of rotatable bonds is 4. The highest BCUT2D eigenvalue weighted by atomic mass is 35.5. The number of hydrogen-bond donors (Lipinski definition) is 1. The smallest absolute Gasteiger partial charge is 0.122 e. The van der Waals surface area contributed by atoms with Crippen molar-refractivity contribution < 1.29 is 4.74 Å². The first kappa shape index (κ1) is 15.5. The van der Waals surface area contributed by atoms with Gasteiger partial charge in [0.25, 0.3) is 0 Å². The van der Waals surface area contributed by atoms with E-state index in [1.165, 1.54) is 16.7 Å². The zero-order valence-corrected chi connectivity index (χ0v) is 12.2. The molecule has 0 atom stereocenters. The molecule has 0 heterocycles. The van der Waals surface area contributed by atoms with Crippen LogP contribution in [0.25, 0.3) is 11.1 Å². The quantitative estimate of drug-likeness (QED) is 0.924. The molecule has 0 fully saturated rings. The predicted octanol–water partition coefficient (Wildman–Crippen LogP) is 3.73. The lowest BCUT2D eigenvalue weighted by Gasteiger charge is -2.10. The summed E-state index contributed by atoms with van der Waals surface area (Å²) in [7, 11) is 0. The molecule has 102 valence electrons. The maximum atomic E-state index is 5.57. The van der Waals surface area contributed by atoms with E-state index in [4.69, 9.17) is 10.5 Å². The second-order valence-corrected chi connectivity index (χ2v) is 4.48. The van der Waals surface area contributed by atoms with E-state index in [1.54, 1.807) is 0 Å². The molecule has 0 aromatic heterocycles. The Morgan fingerprint density at radius 2 is 1.58 bits per heavy atom. The minimum atomic E-state index is 0. The molecule has 2 aromatic carbocycles. The van der Waals surface area contributed by atoms with Crippen LogP contribution in [0.3, 0.4) is 0 Å². The summed E-state index contributed by atoms with van der Waals surface area (Å²) in [5.41, 5.74) is 10.3. The average molecular weight is 278 g/mol. The SMILES string of the molecule is Cc1ccc(-c2ccc(OCCN)c(C)c2)cc1.Cl. The van der Waals surface area contributed by atoms with Crippen molar-refractivity contribution >= 4 is 12.4 Å². The van der Waals surface area contributed by atoms with Crippen molar-refractivity contribution in [2.75, 3.05) is 13.2 Å². The van der Waals surface area contributed by atoms with Gasteiger partial charge in [0.1, 0.15) is 12.4 Å². The Hall–Kier alpha value is -1.51. The van der Waals surface area contributed by atoms with Crippen molar-refractivity contribution in [1.29, 1.82) is 0 Å². The second-order valence-electron chi connectivity index (χ2n) is 4.48. The van der Waals surface area contributed by atoms with Gasteiger partial charge in [-0.1, -0.05) is 35.9 Å². The second kappa shape index (κ2) is 7.17. The zero-order chi connectivity index (χ0) is 13.0. The fourth-order valence-electron chi connectivity index (χ4n) is 1.91. The number of halogens is 1. The van der Waals surface area contributed by atoms with E-state index in [0.29, 0.717) is 13.2 Å². The molecular formula is C16H20ClNO. The Balaban J connectivity index is 0.00000180. The van der Waals surface area contributed by atoms with Crippen LogP contribution in [0.5, 0.6) is 5.75 Å². The molecule has 2 rings (SSSR count). The van der Waals surface area contributed by atoms with E-state index in [1.807, 2.05) is 6.07 Å². The van der Waals surface area contributed by atoms with Gasteiger partial charge in [-0.3, -0.25) is 0 Å². The molecule has 0 radical (unpaired) electrons. The summed E-state index contributed by atoms with van der Waals surface area (Å²) in [4.78, 5) is 0. The van der Waals surface area contributed by atoms with E-state index in [2.05, 4.69) is 50.2 Å². The molecule has 0 aliphatic rings. The average Bonchev–Trinajstić information content (AvgIpc) is 2.38. The Kier molecular flexibility index (Phi) is 5.87. The van der Waals surface area contributed by atoms with Gasteiger partial charge in [0.2, 0.25) is 0 Å². The summed E-state index contributed by atoms with van der Waals surface area (Å²) in [6, 6.07) is 14.8. The maximum Gasteiger partial charge on any atom is 0.122 e. The van der Waals surface area contributed by atoms with E-state index < -0.39 is 0 Å². The van der Waals surface area contributed by atoms with Gasteiger partial charge in [-0.25, -0.2) is 0 Å². The Bertz CT molecular complexity index is 523. The Morgan fingerprint density at radius 1 is 0.947 bits per heavy atom. The Labute approximate surface area is 121 Å². The first-order chi connectivity index (χ1) is 8.70. The summed E-state index contributed by atoms with van der Waals surface area (Å²) in [5, 5.41) is 0. The molecule has 0 unspecified atom stereocenters. The van der Waals surface area contributed by atoms with Gasteiger partial charge in [-0.05, 0) is 42.7 Å². The highest BCUT2D eigenvalue weighted by molar-refractivity contribution is 5.85. The minimum Gasteiger partial charge on any atom is -0.492 e. The van der Waals surface area contributed by atoms with E-state index in [9.17, 15) is 0 Å². The lowest BCUT2D eigenvalue weighted by molar-refractivity contribution is 0.326. The maximum absolute atomic E-state index is 5.57. The number of nitrogens with two attached hydrogens (primary N) is 1. The third-order valence-electron chi connectivity index (χ3n) is 2.94. The van der Waals surface area contributed by atoms with Gasteiger partial charge in [0.05, 0.1) is 0 Å². The van der Waals surface area contributed by atoms with Crippen LogP contribution in [0.2, 0.25) is 0 Å². The lowest BCUT2D eigenvalue weighted by Crippen LogP contribution is -2.11. The monoisotopic (exact) mass is 277 g/mol. The van der Waals surface area contributed by atoms with Gasteiger partial charge in [-0.15, -0.1) is 12.4 Å². The number of ether oxygens (including phenoxy) is 1. The van der Waals surface area contributed by atoms with Gasteiger partial charge >= 0.3 is 0 Å². The van der Waals surface area contributed by atoms with Crippen molar-refractivity contribution in [3.05, 3.63) is 53.6 Å². The molecule has 0 amide bonds. The molecule has 0 saturated heterocycles. The summed E-state index contributed by atoms with van der Waals surface area (Å²) >= 11 is 0. The molecular weight excluding hydrogens is 258 g/mol. The number of aryl methyl sites for hydroxylation is 2. The molecule has 0 aliphatic heterocycles. The third-order valence-corrected chi connectivity index (χ3v) is 2.94. The lowest BCUT2D eigenvalue weighted by atomic mass is 10.0. The molecule has 0 bridgehead atoms. The number of hydrogen-bond acceptors (Lipinski definition) is 2. The van der Waals surface area contributed by atoms with Crippen LogP contribution in [-0.4, -0.2) is 13.2 Å². The van der Waals surface area contributed by atoms with Crippen LogP contribution >= 0.6 is 12.4 Å². The topological polar surface area (TPSA) is 35.2 Å². The predicted molar refractivity (Wildman–Crippen MR) is 83.1 cm³/mol. The molecule has 2 nitrogen and oxygen atoms in total. The molecule has 19 heavy (non-hydrogen) atoms. The highest BCUT2D eigenvalue weighted by Gasteiger charge is 2.02. The standard InChI is InChI=1S/C16H19NO.ClH/c1-12-3-5-14(6-4-12)15-7-8-16(13(2)11-15)18-10-9-17;/h3-8,11H,9-10,17H2,1-2H3;1H. The first-order valence-electron chi connectivity index (χ1n) is 6.21. The summed E-state index contributed by atoms with van der Waals surface area (Å²) in [5.74, 6) is 0.913. The zero-order valence-electron chi connectivity index (χ0n) is 11.3. The molecule has 2 N–H and O–H groups in total. The van der Waals surface area contributed by atoms with Crippen LogP contribution in [0.4, 0.5) is 0 Å². The van der Waals surface area contributed by atoms with E-state index in [-0.39, 0.29) is 12.4 Å². The molecule has 0 saturated carbocycles. The van der Waals surface area contributed by atoms with E-state index >= 15 is 0 Å². The van der Waals surface area contributed by atoms with Crippen LogP contribution < -0.4 is 10.5 Å². The van der Waals surface area contributed by atoms with Crippen molar-refractivity contribution in [3.63, 3.8) is 0 Å². The molecule has 0 aliphatic carbocycles. The molecule has 0 spiro atoms. The largest absolute Gasteiger partial charge is 0.492 e. The first-order valence-corrected chi connectivity index (χ1v) is 6.21. The summed E-state index contributed by atoms with van der Waals surface area (Å²) < 4.78 is 5.57. The number of benzene rings is 2. The summed E-state index contributed by atoms with van der Waals surface area (Å²) in [6.07, 6.45) is 0. The van der Waals surface area contributed by atoms with Crippen molar-refractivity contribution in [3.8, 4) is 16.9 Å². The van der Waals surface area contributed by atoms with Crippen LogP contribution in [0.15, 0.2) is 42.5 Å². The van der Waals surface area contributed by atoms with Gasteiger partial charge in [-0.2, -0.15) is 0 Å². The van der Waals surface area contributed by atoms with Gasteiger partial charge in [0, 0.05) is 6.54 Å². The van der Waals surface area contributed by atoms with Crippen molar-refractivity contribution in [1.82, 2.24) is 0 Å². The van der Waals surface area contributed by atoms with Crippen LogP contribution in [0, 0.1) is 13.8 Å². The van der Waals surface area contributed by atoms with E-state index in [0.717, 1.165) is 11.3 Å². The van der Waals surface area contributed by atoms with Crippen molar-refractivity contribution in [2.45, 2.75) is 13.8 Å². The normalized spacial score (nSPS) is 9.84. The van der Waals surface area contributed by atoms with Crippen LogP contribution in [-0.2, 0) is 0 Å². The minimum absolute atomic E-state index is 0. The van der Waals surface area contributed by atoms with Crippen LogP contribution in [0.1, 0.15) is 11.1 Å². The van der Waals surface area contributed by atoms with Gasteiger partial charge in [0.15, 0.2) is 0 Å². The molecule has 2 aromatic rings. The van der Waals surface area contributed by atoms with Gasteiger partial charge < -0.3 is 10.5 Å². The fraction of sp³-hybridized carbons (Fsp3) is 0.250. The van der Waals surface area contributed by atoms with Crippen molar-refractivity contribution in [2.24, 2.45) is 5.73 Å². The summed E-state index contributed by atoms with van der Waals surface area (Å²) in [6.45, 7) is 5.26.